The number of aromatic amines is 1. The van der Waals surface area contributed by atoms with Crippen molar-refractivity contribution >= 4 is 5.91 Å². The summed E-state index contributed by atoms with van der Waals surface area (Å²) in [6.07, 6.45) is 1.59. The highest BCUT2D eigenvalue weighted by Crippen LogP contribution is 2.13. The average Bonchev–Trinajstić information content (AvgIpc) is 2.90. The molecule has 1 aromatic carbocycles. The van der Waals surface area contributed by atoms with Crippen LogP contribution in [-0.4, -0.2) is 45.6 Å². The molecule has 6 nitrogen and oxygen atoms in total. The second kappa shape index (κ2) is 7.61. The van der Waals surface area contributed by atoms with Gasteiger partial charge in [-0.05, 0) is 31.5 Å². The molecule has 118 valence electrons. The molecule has 2 N–H and O–H groups in total. The number of carbonyl (C=O) groups is 1. The van der Waals surface area contributed by atoms with Crippen molar-refractivity contribution in [2.45, 2.75) is 20.4 Å². The first-order chi connectivity index (χ1) is 10.6. The number of benzene rings is 1. The number of imidazole rings is 1. The van der Waals surface area contributed by atoms with E-state index in [1.54, 1.807) is 11.2 Å². The number of aromatic nitrogens is 2. The monoisotopic (exact) mass is 303 g/mol. The quantitative estimate of drug-likeness (QED) is 0.811. The Hall–Kier alpha value is -2.34. The smallest absolute Gasteiger partial charge is 0.260 e. The van der Waals surface area contributed by atoms with Crippen LogP contribution in [0.3, 0.4) is 0 Å². The Bertz CT molecular complexity index is 625. The first kappa shape index (κ1) is 16.0. The lowest BCUT2D eigenvalue weighted by Crippen LogP contribution is -2.36. The van der Waals surface area contributed by atoms with E-state index in [9.17, 15) is 4.79 Å². The fourth-order valence-electron chi connectivity index (χ4n) is 2.08. The molecule has 1 aromatic heterocycles. The largest absolute Gasteiger partial charge is 0.484 e. The molecule has 2 rings (SSSR count). The van der Waals surface area contributed by atoms with Crippen LogP contribution in [0.1, 0.15) is 17.0 Å². The Balaban J connectivity index is 1.96. The average molecular weight is 303 g/mol. The Kier molecular flexibility index (Phi) is 5.55. The van der Waals surface area contributed by atoms with Crippen molar-refractivity contribution < 1.29 is 14.6 Å². The molecule has 0 bridgehead atoms. The number of aryl methyl sites for hydroxylation is 2. The fraction of sp³-hybridized carbons (Fsp3) is 0.375. The van der Waals surface area contributed by atoms with Crippen LogP contribution >= 0.6 is 0 Å². The van der Waals surface area contributed by atoms with E-state index in [0.29, 0.717) is 12.3 Å². The van der Waals surface area contributed by atoms with Crippen molar-refractivity contribution in [1.29, 1.82) is 0 Å². The van der Waals surface area contributed by atoms with E-state index in [4.69, 9.17) is 9.84 Å². The van der Waals surface area contributed by atoms with Crippen LogP contribution in [0, 0.1) is 13.8 Å². The zero-order valence-electron chi connectivity index (χ0n) is 12.9. The van der Waals surface area contributed by atoms with Crippen molar-refractivity contribution in [2.24, 2.45) is 0 Å². The number of aliphatic hydroxyl groups excluding tert-OH is 1. The van der Waals surface area contributed by atoms with Gasteiger partial charge in [-0.1, -0.05) is 12.1 Å². The van der Waals surface area contributed by atoms with Gasteiger partial charge in [0, 0.05) is 12.2 Å². The lowest BCUT2D eigenvalue weighted by Gasteiger charge is -2.21. The number of H-pyrrole nitrogens is 1. The molecule has 0 aliphatic rings. The van der Waals surface area contributed by atoms with Crippen LogP contribution in [0.2, 0.25) is 0 Å². The second-order valence-corrected chi connectivity index (χ2v) is 5.12. The van der Waals surface area contributed by atoms with E-state index in [-0.39, 0.29) is 25.7 Å². The van der Waals surface area contributed by atoms with Crippen molar-refractivity contribution in [3.8, 4) is 5.75 Å². The summed E-state index contributed by atoms with van der Waals surface area (Å²) in [6.45, 7) is 4.31. The van der Waals surface area contributed by atoms with Crippen LogP contribution in [0.4, 0.5) is 0 Å². The summed E-state index contributed by atoms with van der Waals surface area (Å²) in [5, 5.41) is 9.14. The maximum atomic E-state index is 12.3. The molecule has 1 heterocycles. The molecule has 0 fully saturated rings. The lowest BCUT2D eigenvalue weighted by atomic mass is 10.2. The molecule has 0 aliphatic heterocycles. The van der Waals surface area contributed by atoms with Gasteiger partial charge in [0.2, 0.25) is 0 Å². The summed E-state index contributed by atoms with van der Waals surface area (Å²) in [5.41, 5.74) is 2.78. The van der Waals surface area contributed by atoms with Gasteiger partial charge in [-0.2, -0.15) is 0 Å². The normalized spacial score (nSPS) is 10.5. The number of nitrogens with zero attached hydrogens (tertiary/aromatic N) is 2. The summed E-state index contributed by atoms with van der Waals surface area (Å²) >= 11 is 0. The molecule has 1 amide bonds. The summed E-state index contributed by atoms with van der Waals surface area (Å²) in [6, 6.07) is 7.54. The zero-order valence-corrected chi connectivity index (χ0v) is 12.9. The van der Waals surface area contributed by atoms with Crippen LogP contribution < -0.4 is 4.74 Å². The highest BCUT2D eigenvalue weighted by molar-refractivity contribution is 5.77. The van der Waals surface area contributed by atoms with E-state index < -0.39 is 0 Å². The Labute approximate surface area is 129 Å². The molecule has 0 saturated heterocycles. The third-order valence-corrected chi connectivity index (χ3v) is 3.35. The van der Waals surface area contributed by atoms with Crippen molar-refractivity contribution in [1.82, 2.24) is 14.9 Å². The van der Waals surface area contributed by atoms with Crippen molar-refractivity contribution in [2.75, 3.05) is 19.8 Å². The Morgan fingerprint density at radius 1 is 1.41 bits per heavy atom. The minimum atomic E-state index is -0.182. The highest BCUT2D eigenvalue weighted by atomic mass is 16.5. The van der Waals surface area contributed by atoms with Crippen molar-refractivity contribution in [3.05, 3.63) is 47.5 Å². The highest BCUT2D eigenvalue weighted by Gasteiger charge is 2.16. The standard InChI is InChI=1S/C16H21N3O3/c1-12-4-3-5-14(8-12)22-10-16(21)19(6-7-20)9-15-13(2)17-11-18-15/h3-5,8,11,20H,6-7,9-10H2,1-2H3,(H,17,18). The molecule has 22 heavy (non-hydrogen) atoms. The van der Waals surface area contributed by atoms with Gasteiger partial charge in [0.05, 0.1) is 25.2 Å². The van der Waals surface area contributed by atoms with E-state index >= 15 is 0 Å². The van der Waals surface area contributed by atoms with Gasteiger partial charge in [-0.25, -0.2) is 4.98 Å². The Morgan fingerprint density at radius 3 is 2.86 bits per heavy atom. The molecular weight excluding hydrogens is 282 g/mol. The fourth-order valence-corrected chi connectivity index (χ4v) is 2.08. The third kappa shape index (κ3) is 4.33. The van der Waals surface area contributed by atoms with Gasteiger partial charge in [-0.3, -0.25) is 4.79 Å². The maximum Gasteiger partial charge on any atom is 0.260 e. The van der Waals surface area contributed by atoms with Crippen LogP contribution in [0.15, 0.2) is 30.6 Å². The van der Waals surface area contributed by atoms with Crippen LogP contribution in [-0.2, 0) is 11.3 Å². The molecule has 0 aliphatic carbocycles. The summed E-state index contributed by atoms with van der Waals surface area (Å²) in [5.74, 6) is 0.478. The summed E-state index contributed by atoms with van der Waals surface area (Å²) in [4.78, 5) is 21.0. The molecule has 0 atom stereocenters. The SMILES string of the molecule is Cc1cccc(OCC(=O)N(CCO)Cc2nc[nH]c2C)c1. The first-order valence-corrected chi connectivity index (χ1v) is 7.17. The molecule has 0 spiro atoms. The summed E-state index contributed by atoms with van der Waals surface area (Å²) in [7, 11) is 0. The van der Waals surface area contributed by atoms with Gasteiger partial charge < -0.3 is 19.7 Å². The molecular formula is C16H21N3O3. The molecule has 0 saturated carbocycles. The number of hydrogen-bond acceptors (Lipinski definition) is 4. The number of hydrogen-bond donors (Lipinski definition) is 2. The van der Waals surface area contributed by atoms with Gasteiger partial charge in [0.25, 0.3) is 5.91 Å². The lowest BCUT2D eigenvalue weighted by molar-refractivity contribution is -0.134. The van der Waals surface area contributed by atoms with Gasteiger partial charge in [0.15, 0.2) is 6.61 Å². The number of aliphatic hydroxyl groups is 1. The van der Waals surface area contributed by atoms with Crippen molar-refractivity contribution in [3.63, 3.8) is 0 Å². The molecule has 0 radical (unpaired) electrons. The minimum absolute atomic E-state index is 0.0626. The zero-order chi connectivity index (χ0) is 15.9. The number of amides is 1. The predicted molar refractivity (Wildman–Crippen MR) is 82.5 cm³/mol. The van der Waals surface area contributed by atoms with E-state index in [0.717, 1.165) is 17.0 Å². The van der Waals surface area contributed by atoms with E-state index in [1.165, 1.54) is 0 Å². The van der Waals surface area contributed by atoms with E-state index in [1.807, 2.05) is 38.1 Å². The van der Waals surface area contributed by atoms with E-state index in [2.05, 4.69) is 9.97 Å². The number of carbonyl (C=O) groups excluding carboxylic acids is 1. The topological polar surface area (TPSA) is 78.4 Å². The third-order valence-electron chi connectivity index (χ3n) is 3.35. The van der Waals surface area contributed by atoms with Gasteiger partial charge in [0.1, 0.15) is 5.75 Å². The number of rotatable bonds is 7. The second-order valence-electron chi connectivity index (χ2n) is 5.12. The number of ether oxygens (including phenoxy) is 1. The van der Waals surface area contributed by atoms with Gasteiger partial charge >= 0.3 is 0 Å². The predicted octanol–water partition coefficient (Wildman–Crippen LogP) is 1.43. The molecule has 6 heteroatoms. The number of nitrogens with one attached hydrogen (secondary N) is 1. The summed E-state index contributed by atoms with van der Waals surface area (Å²) < 4.78 is 5.52. The molecule has 0 unspecified atom stereocenters. The van der Waals surface area contributed by atoms with Crippen LogP contribution in [0.25, 0.3) is 0 Å². The van der Waals surface area contributed by atoms with Crippen LogP contribution in [0.5, 0.6) is 5.75 Å². The molecule has 2 aromatic rings. The minimum Gasteiger partial charge on any atom is -0.484 e. The maximum absolute atomic E-state index is 12.3. The Morgan fingerprint density at radius 2 is 2.23 bits per heavy atom. The van der Waals surface area contributed by atoms with Gasteiger partial charge in [-0.15, -0.1) is 0 Å². The first-order valence-electron chi connectivity index (χ1n) is 7.17.